The maximum atomic E-state index is 12.9. The molecule has 2 aromatic carbocycles. The Bertz CT molecular complexity index is 488. The van der Waals surface area contributed by atoms with Crippen LogP contribution >= 0.6 is 11.6 Å². The molecule has 0 aliphatic rings. The molecular formula is C13H10ClFO. The first kappa shape index (κ1) is 11.0. The Morgan fingerprint density at radius 1 is 1.06 bits per heavy atom. The van der Waals surface area contributed by atoms with Gasteiger partial charge in [-0.3, -0.25) is 0 Å². The van der Waals surface area contributed by atoms with Gasteiger partial charge in [0.1, 0.15) is 0 Å². The van der Waals surface area contributed by atoms with Crippen LogP contribution in [0.1, 0.15) is 5.56 Å². The molecule has 0 saturated heterocycles. The first-order valence-corrected chi connectivity index (χ1v) is 5.21. The largest absolute Gasteiger partial charge is 0.505 e. The van der Waals surface area contributed by atoms with Crippen LogP contribution < -0.4 is 0 Å². The topological polar surface area (TPSA) is 20.2 Å². The summed E-state index contributed by atoms with van der Waals surface area (Å²) in [7, 11) is 0. The van der Waals surface area contributed by atoms with Gasteiger partial charge in [0, 0.05) is 5.02 Å². The van der Waals surface area contributed by atoms with Crippen molar-refractivity contribution < 1.29 is 9.50 Å². The summed E-state index contributed by atoms with van der Waals surface area (Å²) in [5, 5.41) is 9.93. The predicted molar refractivity (Wildman–Crippen MR) is 63.2 cm³/mol. The summed E-state index contributed by atoms with van der Waals surface area (Å²) in [6, 6.07) is 9.79. The Hall–Kier alpha value is -1.54. The van der Waals surface area contributed by atoms with Crippen molar-refractivity contribution in [2.24, 2.45) is 0 Å². The van der Waals surface area contributed by atoms with Crippen LogP contribution in [-0.2, 0) is 0 Å². The molecule has 0 radical (unpaired) electrons. The van der Waals surface area contributed by atoms with Gasteiger partial charge in [-0.05, 0) is 41.8 Å². The van der Waals surface area contributed by atoms with Gasteiger partial charge in [-0.15, -0.1) is 0 Å². The smallest absolute Gasteiger partial charge is 0.164 e. The van der Waals surface area contributed by atoms with E-state index in [1.807, 2.05) is 19.1 Å². The second-order valence-corrected chi connectivity index (χ2v) is 4.04. The molecule has 16 heavy (non-hydrogen) atoms. The van der Waals surface area contributed by atoms with Gasteiger partial charge < -0.3 is 5.11 Å². The van der Waals surface area contributed by atoms with Gasteiger partial charge in [0.05, 0.1) is 0 Å². The zero-order valence-electron chi connectivity index (χ0n) is 8.67. The minimum absolute atomic E-state index is 0.353. The fraction of sp³-hybridized carbons (Fsp3) is 0.0769. The Balaban J connectivity index is 2.50. The molecule has 0 aliphatic heterocycles. The lowest BCUT2D eigenvalue weighted by atomic mass is 10.0. The fourth-order valence-electron chi connectivity index (χ4n) is 1.46. The third-order valence-corrected chi connectivity index (χ3v) is 2.86. The summed E-state index contributed by atoms with van der Waals surface area (Å²) in [5.41, 5.74) is 2.57. The van der Waals surface area contributed by atoms with Gasteiger partial charge in [0.25, 0.3) is 0 Å². The Morgan fingerprint density at radius 3 is 2.31 bits per heavy atom. The average molecular weight is 237 g/mol. The van der Waals surface area contributed by atoms with Crippen LogP contribution in [0.15, 0.2) is 36.4 Å². The molecule has 1 nitrogen and oxygen atoms in total. The molecule has 0 fully saturated rings. The average Bonchev–Trinajstić information content (AvgIpc) is 2.26. The van der Waals surface area contributed by atoms with Gasteiger partial charge in [0.2, 0.25) is 0 Å². The third-order valence-electron chi connectivity index (χ3n) is 2.45. The van der Waals surface area contributed by atoms with E-state index in [0.717, 1.165) is 16.7 Å². The molecular weight excluding hydrogens is 227 g/mol. The zero-order valence-corrected chi connectivity index (χ0v) is 9.42. The van der Waals surface area contributed by atoms with Gasteiger partial charge in [-0.1, -0.05) is 29.8 Å². The Labute approximate surface area is 98.1 Å². The maximum absolute atomic E-state index is 12.9. The molecule has 82 valence electrons. The summed E-state index contributed by atoms with van der Waals surface area (Å²) in [4.78, 5) is 0. The van der Waals surface area contributed by atoms with Crippen molar-refractivity contribution in [2.75, 3.05) is 0 Å². The number of hydrogen-bond acceptors (Lipinski definition) is 1. The van der Waals surface area contributed by atoms with Crippen molar-refractivity contribution in [3.8, 4) is 16.9 Å². The number of benzene rings is 2. The minimum atomic E-state index is -0.623. The molecule has 1 N–H and O–H groups in total. The molecule has 0 amide bonds. The van der Waals surface area contributed by atoms with Crippen LogP contribution in [0.5, 0.6) is 5.75 Å². The summed E-state index contributed by atoms with van der Waals surface area (Å²) in [5.74, 6) is -0.976. The van der Waals surface area contributed by atoms with Gasteiger partial charge in [0.15, 0.2) is 11.6 Å². The lowest BCUT2D eigenvalue weighted by Gasteiger charge is -2.05. The van der Waals surface area contributed by atoms with Gasteiger partial charge in [-0.25, -0.2) is 4.39 Å². The molecule has 0 aromatic heterocycles. The normalized spacial score (nSPS) is 10.4. The van der Waals surface area contributed by atoms with Crippen molar-refractivity contribution in [1.82, 2.24) is 0 Å². The molecule has 0 unspecified atom stereocenters. The van der Waals surface area contributed by atoms with Crippen molar-refractivity contribution in [1.29, 1.82) is 0 Å². The zero-order chi connectivity index (χ0) is 11.7. The lowest BCUT2D eigenvalue weighted by molar-refractivity contribution is 0.433. The SMILES string of the molecule is Cc1ccc(-c2ccc(F)c(O)c2)cc1Cl. The van der Waals surface area contributed by atoms with E-state index in [0.29, 0.717) is 5.02 Å². The van der Waals surface area contributed by atoms with Gasteiger partial charge >= 0.3 is 0 Å². The monoisotopic (exact) mass is 236 g/mol. The third kappa shape index (κ3) is 2.02. The molecule has 0 saturated carbocycles. The van der Waals surface area contributed by atoms with E-state index < -0.39 is 5.82 Å². The maximum Gasteiger partial charge on any atom is 0.164 e. The second-order valence-electron chi connectivity index (χ2n) is 3.63. The van der Waals surface area contributed by atoms with Crippen LogP contribution in [0, 0.1) is 12.7 Å². The number of phenols is 1. The number of aromatic hydroxyl groups is 1. The van der Waals surface area contributed by atoms with Crippen LogP contribution in [0.25, 0.3) is 11.1 Å². The molecule has 0 bridgehead atoms. The van der Waals surface area contributed by atoms with E-state index in [9.17, 15) is 9.50 Å². The molecule has 0 heterocycles. The molecule has 2 aromatic rings. The number of hydrogen-bond donors (Lipinski definition) is 1. The highest BCUT2D eigenvalue weighted by molar-refractivity contribution is 6.31. The van der Waals surface area contributed by atoms with Crippen LogP contribution in [0.4, 0.5) is 4.39 Å². The summed E-state index contributed by atoms with van der Waals surface area (Å²) in [6.45, 7) is 1.91. The van der Waals surface area contributed by atoms with Crippen molar-refractivity contribution in [3.63, 3.8) is 0 Å². The van der Waals surface area contributed by atoms with E-state index in [4.69, 9.17) is 11.6 Å². The van der Waals surface area contributed by atoms with Crippen LogP contribution in [0.3, 0.4) is 0 Å². The highest BCUT2D eigenvalue weighted by atomic mass is 35.5. The molecule has 0 atom stereocenters. The number of aryl methyl sites for hydroxylation is 1. The fourth-order valence-corrected chi connectivity index (χ4v) is 1.65. The highest BCUT2D eigenvalue weighted by Crippen LogP contribution is 2.28. The lowest BCUT2D eigenvalue weighted by Crippen LogP contribution is -1.82. The standard InChI is InChI=1S/C13H10ClFO/c1-8-2-3-9(6-11(8)14)10-4-5-12(15)13(16)7-10/h2-7,16H,1H3. The van der Waals surface area contributed by atoms with Crippen molar-refractivity contribution >= 4 is 11.6 Å². The number of halogens is 2. The Morgan fingerprint density at radius 2 is 1.69 bits per heavy atom. The predicted octanol–water partition coefficient (Wildman–Crippen LogP) is 4.16. The minimum Gasteiger partial charge on any atom is -0.505 e. The molecule has 0 spiro atoms. The molecule has 2 rings (SSSR count). The first-order chi connectivity index (χ1) is 7.58. The van der Waals surface area contributed by atoms with E-state index in [1.54, 1.807) is 12.1 Å². The summed E-state index contributed by atoms with van der Waals surface area (Å²) in [6.07, 6.45) is 0. The van der Waals surface area contributed by atoms with E-state index in [1.165, 1.54) is 12.1 Å². The van der Waals surface area contributed by atoms with Crippen molar-refractivity contribution in [3.05, 3.63) is 52.8 Å². The Kier molecular flexibility index (Phi) is 2.84. The van der Waals surface area contributed by atoms with Crippen LogP contribution in [0.2, 0.25) is 5.02 Å². The number of phenolic OH excluding ortho intramolecular Hbond substituents is 1. The van der Waals surface area contributed by atoms with Gasteiger partial charge in [-0.2, -0.15) is 0 Å². The van der Waals surface area contributed by atoms with Crippen molar-refractivity contribution in [2.45, 2.75) is 6.92 Å². The number of rotatable bonds is 1. The highest BCUT2D eigenvalue weighted by Gasteiger charge is 2.05. The van der Waals surface area contributed by atoms with Crippen LogP contribution in [-0.4, -0.2) is 5.11 Å². The second kappa shape index (κ2) is 4.14. The quantitative estimate of drug-likeness (QED) is 0.788. The first-order valence-electron chi connectivity index (χ1n) is 4.83. The summed E-state index contributed by atoms with van der Waals surface area (Å²) >= 11 is 6.00. The summed E-state index contributed by atoms with van der Waals surface area (Å²) < 4.78 is 12.9. The van der Waals surface area contributed by atoms with E-state index in [-0.39, 0.29) is 5.75 Å². The van der Waals surface area contributed by atoms with E-state index in [2.05, 4.69) is 0 Å². The van der Waals surface area contributed by atoms with E-state index >= 15 is 0 Å². The molecule has 3 heteroatoms. The molecule has 0 aliphatic carbocycles.